The molecule has 1 aromatic carbocycles. The van der Waals surface area contributed by atoms with Crippen molar-refractivity contribution in [3.8, 4) is 0 Å². The summed E-state index contributed by atoms with van der Waals surface area (Å²) >= 11 is 0. The van der Waals surface area contributed by atoms with E-state index in [9.17, 15) is 14.1 Å². The number of aliphatic hydroxyl groups is 1. The number of amides is 1. The lowest BCUT2D eigenvalue weighted by Crippen LogP contribution is -2.55. The predicted molar refractivity (Wildman–Crippen MR) is 97.4 cm³/mol. The molecule has 0 aromatic heterocycles. The first kappa shape index (κ1) is 19.1. The van der Waals surface area contributed by atoms with E-state index in [2.05, 4.69) is 11.8 Å². The van der Waals surface area contributed by atoms with Crippen molar-refractivity contribution in [2.24, 2.45) is 0 Å². The highest BCUT2D eigenvalue weighted by Gasteiger charge is 2.29. The monoisotopic (exact) mass is 352 g/mol. The van der Waals surface area contributed by atoms with E-state index in [0.29, 0.717) is 31.0 Å². The summed E-state index contributed by atoms with van der Waals surface area (Å²) in [6, 6.07) is 7.73. The quantitative estimate of drug-likeness (QED) is 0.842. The Labute approximate surface area is 147 Å². The van der Waals surface area contributed by atoms with Crippen molar-refractivity contribution in [3.63, 3.8) is 0 Å². The predicted octanol–water partition coefficient (Wildman–Crippen LogP) is 1.48. The van der Waals surface area contributed by atoms with Crippen LogP contribution in [0.4, 0.5) is 0 Å². The molecule has 1 aliphatic heterocycles. The van der Waals surface area contributed by atoms with Crippen molar-refractivity contribution in [1.29, 1.82) is 0 Å². The van der Waals surface area contributed by atoms with Crippen LogP contribution in [0.15, 0.2) is 24.3 Å². The number of carbonyl (C=O) groups is 1. The van der Waals surface area contributed by atoms with Gasteiger partial charge in [0.25, 0.3) is 5.91 Å². The zero-order chi connectivity index (χ0) is 17.7. The second-order valence-electron chi connectivity index (χ2n) is 6.58. The zero-order valence-corrected chi connectivity index (χ0v) is 15.6. The van der Waals surface area contributed by atoms with E-state index in [-0.39, 0.29) is 18.1 Å². The molecular formula is C18H28N2O3S. The molecule has 0 saturated carbocycles. The lowest BCUT2D eigenvalue weighted by Gasteiger charge is -2.41. The van der Waals surface area contributed by atoms with Crippen molar-refractivity contribution < 1.29 is 14.1 Å². The fourth-order valence-electron chi connectivity index (χ4n) is 3.26. The van der Waals surface area contributed by atoms with E-state index in [4.69, 9.17) is 0 Å². The van der Waals surface area contributed by atoms with Crippen LogP contribution in [0.5, 0.6) is 0 Å². The number of hydrogen-bond donors (Lipinski definition) is 1. The Morgan fingerprint density at radius 3 is 2.79 bits per heavy atom. The van der Waals surface area contributed by atoms with Crippen LogP contribution in [0.2, 0.25) is 0 Å². The van der Waals surface area contributed by atoms with Gasteiger partial charge < -0.3 is 10.0 Å². The summed E-state index contributed by atoms with van der Waals surface area (Å²) in [6.07, 6.45) is 2.26. The van der Waals surface area contributed by atoms with E-state index < -0.39 is 10.8 Å². The van der Waals surface area contributed by atoms with Crippen LogP contribution in [0, 0.1) is 0 Å². The second kappa shape index (κ2) is 8.74. The van der Waals surface area contributed by atoms with Crippen molar-refractivity contribution in [2.45, 2.75) is 38.2 Å². The molecule has 6 heteroatoms. The molecule has 134 valence electrons. The van der Waals surface area contributed by atoms with E-state index in [0.717, 1.165) is 18.5 Å². The van der Waals surface area contributed by atoms with Crippen LogP contribution < -0.4 is 0 Å². The number of aliphatic hydroxyl groups excluding tert-OH is 1. The number of nitrogens with zero attached hydrogens (tertiary/aromatic N) is 2. The second-order valence-corrected chi connectivity index (χ2v) is 8.01. The molecule has 3 unspecified atom stereocenters. The summed E-state index contributed by atoms with van der Waals surface area (Å²) < 4.78 is 11.4. The van der Waals surface area contributed by atoms with Crippen LogP contribution in [0.25, 0.3) is 0 Å². The fraction of sp³-hybridized carbons (Fsp3) is 0.611. The minimum Gasteiger partial charge on any atom is -0.392 e. The molecule has 1 aromatic rings. The minimum atomic E-state index is -0.916. The summed E-state index contributed by atoms with van der Waals surface area (Å²) in [5.74, 6) is 0.509. The topological polar surface area (TPSA) is 60.9 Å². The zero-order valence-electron chi connectivity index (χ0n) is 14.8. The molecule has 1 amide bonds. The molecule has 3 atom stereocenters. The normalized spacial score (nSPS) is 21.5. The SMILES string of the molecule is CCC1CN(C(=O)c2cccc(CS(C)=O)c2)CCN1CC(C)O. The fourth-order valence-corrected chi connectivity index (χ4v) is 3.90. The minimum absolute atomic E-state index is 0.0360. The molecule has 0 radical (unpaired) electrons. The highest BCUT2D eigenvalue weighted by atomic mass is 32.2. The van der Waals surface area contributed by atoms with E-state index >= 15 is 0 Å². The Morgan fingerprint density at radius 1 is 1.42 bits per heavy atom. The highest BCUT2D eigenvalue weighted by Crippen LogP contribution is 2.17. The first-order chi connectivity index (χ1) is 11.4. The van der Waals surface area contributed by atoms with Gasteiger partial charge in [-0.05, 0) is 31.0 Å². The molecule has 0 bridgehead atoms. The van der Waals surface area contributed by atoms with Gasteiger partial charge in [0, 0.05) is 60.6 Å². The Hall–Kier alpha value is -1.24. The summed E-state index contributed by atoms with van der Waals surface area (Å²) in [5.41, 5.74) is 1.60. The standard InChI is InChI=1S/C18H28N2O3S/c1-4-17-12-20(9-8-19(17)11-14(2)21)18(22)16-7-5-6-15(10-16)13-24(3)23/h5-7,10,14,17,21H,4,8-9,11-13H2,1-3H3. The highest BCUT2D eigenvalue weighted by molar-refractivity contribution is 7.83. The molecule has 1 saturated heterocycles. The molecule has 1 N–H and O–H groups in total. The number of β-amino-alcohol motifs (C(OH)–C–C–N with tert-alkyl or cyclic N) is 1. The number of carbonyl (C=O) groups excluding carboxylic acids is 1. The first-order valence-corrected chi connectivity index (χ1v) is 10.2. The lowest BCUT2D eigenvalue weighted by molar-refractivity contribution is 0.0309. The molecule has 24 heavy (non-hydrogen) atoms. The number of piperazine rings is 1. The Morgan fingerprint density at radius 2 is 2.17 bits per heavy atom. The maximum atomic E-state index is 12.8. The number of hydrogen-bond acceptors (Lipinski definition) is 4. The third-order valence-electron chi connectivity index (χ3n) is 4.41. The third-order valence-corrected chi connectivity index (χ3v) is 5.15. The summed E-state index contributed by atoms with van der Waals surface area (Å²) in [5, 5.41) is 9.63. The Bertz CT molecular complexity index is 591. The van der Waals surface area contributed by atoms with Crippen molar-refractivity contribution in [3.05, 3.63) is 35.4 Å². The van der Waals surface area contributed by atoms with Gasteiger partial charge in [0.15, 0.2) is 0 Å². The van der Waals surface area contributed by atoms with Gasteiger partial charge in [0.1, 0.15) is 0 Å². The van der Waals surface area contributed by atoms with Gasteiger partial charge in [0.2, 0.25) is 0 Å². The molecule has 1 fully saturated rings. The van der Waals surface area contributed by atoms with Crippen molar-refractivity contribution in [2.75, 3.05) is 32.4 Å². The van der Waals surface area contributed by atoms with Gasteiger partial charge in [-0.3, -0.25) is 13.9 Å². The van der Waals surface area contributed by atoms with E-state index in [1.54, 1.807) is 13.2 Å². The molecule has 0 aliphatic carbocycles. The maximum absolute atomic E-state index is 12.8. The molecule has 5 nitrogen and oxygen atoms in total. The molecule has 1 aliphatic rings. The van der Waals surface area contributed by atoms with Crippen LogP contribution in [-0.4, -0.2) is 69.6 Å². The Kier molecular flexibility index (Phi) is 6.95. The number of rotatable bonds is 6. The molecule has 2 rings (SSSR count). The average molecular weight is 353 g/mol. The van der Waals surface area contributed by atoms with E-state index in [1.165, 1.54) is 0 Å². The van der Waals surface area contributed by atoms with Crippen molar-refractivity contribution >= 4 is 16.7 Å². The van der Waals surface area contributed by atoms with Gasteiger partial charge in [-0.15, -0.1) is 0 Å². The summed E-state index contributed by atoms with van der Waals surface area (Å²) in [7, 11) is -0.916. The van der Waals surface area contributed by atoms with Crippen LogP contribution in [-0.2, 0) is 16.6 Å². The Balaban J connectivity index is 2.06. The van der Waals surface area contributed by atoms with Crippen molar-refractivity contribution in [1.82, 2.24) is 9.80 Å². The van der Waals surface area contributed by atoms with Crippen LogP contribution >= 0.6 is 0 Å². The third kappa shape index (κ3) is 5.13. The first-order valence-electron chi connectivity index (χ1n) is 8.51. The smallest absolute Gasteiger partial charge is 0.253 e. The van der Waals surface area contributed by atoms with Gasteiger partial charge in [-0.1, -0.05) is 19.1 Å². The van der Waals surface area contributed by atoms with Crippen LogP contribution in [0.1, 0.15) is 36.2 Å². The van der Waals surface area contributed by atoms with Gasteiger partial charge in [0.05, 0.1) is 6.10 Å². The average Bonchev–Trinajstić information content (AvgIpc) is 2.53. The van der Waals surface area contributed by atoms with Gasteiger partial charge in [-0.25, -0.2) is 0 Å². The lowest BCUT2D eigenvalue weighted by atomic mass is 10.1. The van der Waals surface area contributed by atoms with Crippen LogP contribution in [0.3, 0.4) is 0 Å². The summed E-state index contributed by atoms with van der Waals surface area (Å²) in [4.78, 5) is 17.0. The largest absolute Gasteiger partial charge is 0.392 e. The number of benzene rings is 1. The molecule has 1 heterocycles. The van der Waals surface area contributed by atoms with E-state index in [1.807, 2.05) is 29.2 Å². The van der Waals surface area contributed by atoms with Gasteiger partial charge in [-0.2, -0.15) is 0 Å². The summed E-state index contributed by atoms with van der Waals surface area (Å²) in [6.45, 7) is 6.71. The molecular weight excluding hydrogens is 324 g/mol. The molecule has 0 spiro atoms. The van der Waals surface area contributed by atoms with Gasteiger partial charge >= 0.3 is 0 Å². The maximum Gasteiger partial charge on any atom is 0.253 e.